The van der Waals surface area contributed by atoms with Gasteiger partial charge in [0.15, 0.2) is 0 Å². The van der Waals surface area contributed by atoms with Crippen LogP contribution in [0.3, 0.4) is 0 Å². The topological polar surface area (TPSA) is 76.0 Å². The predicted molar refractivity (Wildman–Crippen MR) is 72.6 cm³/mol. The molecule has 18 heavy (non-hydrogen) atoms. The molecule has 0 aliphatic heterocycles. The van der Waals surface area contributed by atoms with Gasteiger partial charge in [-0.15, -0.1) is 0 Å². The molecule has 1 atom stereocenters. The standard InChI is InChI=1S/C13H18N4O/c1-3-18-13-6-11(4-5-12(13)14)17-9(2)10-7-15-16-8-10/h4-9,17H,3,14H2,1-2H3,(H,15,16). The van der Waals surface area contributed by atoms with Gasteiger partial charge in [-0.2, -0.15) is 5.10 Å². The predicted octanol–water partition coefficient (Wildman–Crippen LogP) is 2.56. The Kier molecular flexibility index (Phi) is 3.72. The van der Waals surface area contributed by atoms with Gasteiger partial charge in [-0.05, 0) is 26.0 Å². The molecular formula is C13H18N4O. The van der Waals surface area contributed by atoms with Crippen LogP contribution in [0.2, 0.25) is 0 Å². The first kappa shape index (κ1) is 12.3. The third kappa shape index (κ3) is 2.74. The van der Waals surface area contributed by atoms with E-state index >= 15 is 0 Å². The van der Waals surface area contributed by atoms with E-state index in [9.17, 15) is 0 Å². The van der Waals surface area contributed by atoms with Crippen LogP contribution in [0, 0.1) is 0 Å². The van der Waals surface area contributed by atoms with Crippen LogP contribution in [0.5, 0.6) is 5.75 Å². The number of rotatable bonds is 5. The highest BCUT2D eigenvalue weighted by Gasteiger charge is 2.08. The normalized spacial score (nSPS) is 12.1. The van der Waals surface area contributed by atoms with Crippen LogP contribution < -0.4 is 15.8 Å². The second-order valence-electron chi connectivity index (χ2n) is 4.08. The molecule has 0 aliphatic carbocycles. The lowest BCUT2D eigenvalue weighted by Gasteiger charge is -2.15. The highest BCUT2D eigenvalue weighted by Crippen LogP contribution is 2.27. The van der Waals surface area contributed by atoms with Crippen molar-refractivity contribution >= 4 is 11.4 Å². The second-order valence-corrected chi connectivity index (χ2v) is 4.08. The zero-order valence-electron chi connectivity index (χ0n) is 10.6. The van der Waals surface area contributed by atoms with Crippen molar-refractivity contribution in [2.75, 3.05) is 17.7 Å². The van der Waals surface area contributed by atoms with Crippen molar-refractivity contribution in [3.05, 3.63) is 36.2 Å². The molecule has 1 aromatic heterocycles. The Labute approximate surface area is 106 Å². The summed E-state index contributed by atoms with van der Waals surface area (Å²) >= 11 is 0. The summed E-state index contributed by atoms with van der Waals surface area (Å²) in [5.41, 5.74) is 8.56. The van der Waals surface area contributed by atoms with Crippen molar-refractivity contribution in [1.29, 1.82) is 0 Å². The lowest BCUT2D eigenvalue weighted by atomic mass is 10.1. The van der Waals surface area contributed by atoms with E-state index < -0.39 is 0 Å². The smallest absolute Gasteiger partial charge is 0.144 e. The molecule has 4 N–H and O–H groups in total. The van der Waals surface area contributed by atoms with Gasteiger partial charge in [-0.25, -0.2) is 0 Å². The summed E-state index contributed by atoms with van der Waals surface area (Å²) in [6.45, 7) is 4.61. The fourth-order valence-electron chi connectivity index (χ4n) is 1.74. The van der Waals surface area contributed by atoms with Gasteiger partial charge in [0.1, 0.15) is 5.75 Å². The maximum absolute atomic E-state index is 5.83. The van der Waals surface area contributed by atoms with Crippen LogP contribution >= 0.6 is 0 Å². The Hall–Kier alpha value is -2.17. The fourth-order valence-corrected chi connectivity index (χ4v) is 1.74. The third-order valence-corrected chi connectivity index (χ3v) is 2.72. The molecule has 0 radical (unpaired) electrons. The number of nitrogens with zero attached hydrogens (tertiary/aromatic N) is 1. The van der Waals surface area contributed by atoms with E-state index in [2.05, 4.69) is 22.4 Å². The Balaban J connectivity index is 2.12. The largest absolute Gasteiger partial charge is 0.492 e. The number of nitrogens with one attached hydrogen (secondary N) is 2. The summed E-state index contributed by atoms with van der Waals surface area (Å²) < 4.78 is 5.47. The van der Waals surface area contributed by atoms with E-state index in [0.717, 1.165) is 11.3 Å². The van der Waals surface area contributed by atoms with E-state index in [-0.39, 0.29) is 6.04 Å². The summed E-state index contributed by atoms with van der Waals surface area (Å²) in [6, 6.07) is 5.86. The maximum Gasteiger partial charge on any atom is 0.144 e. The quantitative estimate of drug-likeness (QED) is 0.709. The van der Waals surface area contributed by atoms with Gasteiger partial charge in [-0.3, -0.25) is 5.10 Å². The van der Waals surface area contributed by atoms with Crippen molar-refractivity contribution in [3.63, 3.8) is 0 Å². The fraction of sp³-hybridized carbons (Fsp3) is 0.308. The van der Waals surface area contributed by atoms with Gasteiger partial charge < -0.3 is 15.8 Å². The number of nitrogen functional groups attached to an aromatic ring is 1. The molecule has 1 unspecified atom stereocenters. The van der Waals surface area contributed by atoms with Crippen molar-refractivity contribution in [3.8, 4) is 5.75 Å². The molecule has 1 aromatic carbocycles. The molecular weight excluding hydrogens is 228 g/mol. The minimum absolute atomic E-state index is 0.168. The molecule has 0 spiro atoms. The lowest BCUT2D eigenvalue weighted by Crippen LogP contribution is -2.06. The van der Waals surface area contributed by atoms with Gasteiger partial charge in [0.25, 0.3) is 0 Å². The van der Waals surface area contributed by atoms with E-state index in [0.29, 0.717) is 18.0 Å². The molecule has 5 nitrogen and oxygen atoms in total. The number of benzene rings is 1. The number of aromatic amines is 1. The maximum atomic E-state index is 5.83. The highest BCUT2D eigenvalue weighted by molar-refractivity contribution is 5.61. The number of nitrogens with two attached hydrogens (primary N) is 1. The second kappa shape index (κ2) is 5.44. The van der Waals surface area contributed by atoms with Crippen molar-refractivity contribution in [2.24, 2.45) is 0 Å². The first-order valence-corrected chi connectivity index (χ1v) is 5.98. The molecule has 2 rings (SSSR count). The molecule has 5 heteroatoms. The lowest BCUT2D eigenvalue weighted by molar-refractivity contribution is 0.342. The molecule has 0 fully saturated rings. The zero-order chi connectivity index (χ0) is 13.0. The Morgan fingerprint density at radius 1 is 1.50 bits per heavy atom. The zero-order valence-corrected chi connectivity index (χ0v) is 10.6. The Bertz CT molecular complexity index is 496. The van der Waals surface area contributed by atoms with Gasteiger partial charge in [0.2, 0.25) is 0 Å². The van der Waals surface area contributed by atoms with Crippen LogP contribution in [0.25, 0.3) is 0 Å². The van der Waals surface area contributed by atoms with Crippen LogP contribution in [-0.2, 0) is 0 Å². The summed E-state index contributed by atoms with van der Waals surface area (Å²) in [5.74, 6) is 0.710. The number of aromatic nitrogens is 2. The molecule has 0 amide bonds. The van der Waals surface area contributed by atoms with Crippen LogP contribution in [-0.4, -0.2) is 16.8 Å². The molecule has 1 heterocycles. The average molecular weight is 246 g/mol. The summed E-state index contributed by atoms with van der Waals surface area (Å²) in [4.78, 5) is 0. The van der Waals surface area contributed by atoms with Crippen LogP contribution in [0.4, 0.5) is 11.4 Å². The molecule has 0 aliphatic rings. The van der Waals surface area contributed by atoms with E-state index in [1.807, 2.05) is 31.3 Å². The monoisotopic (exact) mass is 246 g/mol. The van der Waals surface area contributed by atoms with E-state index in [1.165, 1.54) is 0 Å². The van der Waals surface area contributed by atoms with Crippen LogP contribution in [0.1, 0.15) is 25.5 Å². The van der Waals surface area contributed by atoms with E-state index in [1.54, 1.807) is 6.20 Å². The molecule has 0 saturated carbocycles. The number of hydrogen-bond donors (Lipinski definition) is 3. The minimum atomic E-state index is 0.168. The Morgan fingerprint density at radius 2 is 2.33 bits per heavy atom. The van der Waals surface area contributed by atoms with Gasteiger partial charge in [0, 0.05) is 23.5 Å². The van der Waals surface area contributed by atoms with Crippen molar-refractivity contribution < 1.29 is 4.74 Å². The number of anilines is 2. The SMILES string of the molecule is CCOc1cc(NC(C)c2cn[nH]c2)ccc1N. The summed E-state index contributed by atoms with van der Waals surface area (Å²) in [5, 5.41) is 10.1. The molecule has 0 saturated heterocycles. The molecule has 0 bridgehead atoms. The van der Waals surface area contributed by atoms with Gasteiger partial charge >= 0.3 is 0 Å². The average Bonchev–Trinajstić information content (AvgIpc) is 2.87. The van der Waals surface area contributed by atoms with Crippen LogP contribution in [0.15, 0.2) is 30.6 Å². The summed E-state index contributed by atoms with van der Waals surface area (Å²) in [7, 11) is 0. The van der Waals surface area contributed by atoms with Gasteiger partial charge in [0.05, 0.1) is 24.5 Å². The Morgan fingerprint density at radius 3 is 3.00 bits per heavy atom. The summed E-state index contributed by atoms with van der Waals surface area (Å²) in [6.07, 6.45) is 3.68. The first-order valence-electron chi connectivity index (χ1n) is 5.98. The highest BCUT2D eigenvalue weighted by atomic mass is 16.5. The van der Waals surface area contributed by atoms with Gasteiger partial charge in [-0.1, -0.05) is 0 Å². The minimum Gasteiger partial charge on any atom is -0.492 e. The number of H-pyrrole nitrogens is 1. The first-order chi connectivity index (χ1) is 8.70. The molecule has 2 aromatic rings. The van der Waals surface area contributed by atoms with Crippen molar-refractivity contribution in [2.45, 2.75) is 19.9 Å². The molecule has 96 valence electrons. The van der Waals surface area contributed by atoms with E-state index in [4.69, 9.17) is 10.5 Å². The van der Waals surface area contributed by atoms with Crippen molar-refractivity contribution in [1.82, 2.24) is 10.2 Å². The third-order valence-electron chi connectivity index (χ3n) is 2.72. The number of hydrogen-bond acceptors (Lipinski definition) is 4. The number of ether oxygens (including phenoxy) is 1.